The molecule has 1 saturated heterocycles. The molecule has 3 amide bonds. The molecule has 4 aliphatic rings. The first-order chi connectivity index (χ1) is 33.4. The van der Waals surface area contributed by atoms with E-state index in [-0.39, 0.29) is 48.0 Å². The second-order valence-corrected chi connectivity index (χ2v) is 20.3. The van der Waals surface area contributed by atoms with Gasteiger partial charge in [-0.1, -0.05) is 39.3 Å². The number of amides is 3. The van der Waals surface area contributed by atoms with Crippen LogP contribution in [0.25, 0.3) is 11.1 Å². The third-order valence-electron chi connectivity index (χ3n) is 14.5. The number of hydrogen-bond acceptors (Lipinski definition) is 12. The van der Waals surface area contributed by atoms with Crippen LogP contribution in [0, 0.1) is 22.2 Å². The second-order valence-electron chi connectivity index (χ2n) is 19.9. The van der Waals surface area contributed by atoms with Crippen LogP contribution in [-0.2, 0) is 36.0 Å². The SMILES string of the molecule is CC(=O)N1CCc2c(c(N3CCCc4cc(-c5cnn(C)c5)c(C(F)F)cc43)nn2[C@@H]2CCN(C(=O)CNCCNc3ncc(C(=O)NC4C(C)(C)C(Oc5ccc(C#N)c(Cl)c5)C4(C)C)cn3)C2)C1. The molecular weight excluding hydrogens is 920 g/mol. The van der Waals surface area contributed by atoms with Crippen molar-refractivity contribution in [2.24, 2.45) is 17.9 Å². The Bertz CT molecular complexity index is 2840. The van der Waals surface area contributed by atoms with Gasteiger partial charge in [0.15, 0.2) is 5.82 Å². The van der Waals surface area contributed by atoms with Crippen LogP contribution in [0.2, 0.25) is 5.02 Å². The van der Waals surface area contributed by atoms with Gasteiger partial charge in [0.2, 0.25) is 17.8 Å². The van der Waals surface area contributed by atoms with Gasteiger partial charge in [-0.15, -0.1) is 0 Å². The van der Waals surface area contributed by atoms with E-state index in [2.05, 4.69) is 37.1 Å². The first kappa shape index (κ1) is 48.4. The van der Waals surface area contributed by atoms with E-state index in [0.717, 1.165) is 29.7 Å². The number of aryl methyl sites for hydroxylation is 2. The Labute approximate surface area is 410 Å². The molecule has 0 unspecified atom stereocenters. The fourth-order valence-corrected chi connectivity index (χ4v) is 11.4. The van der Waals surface area contributed by atoms with Crippen LogP contribution in [0.5, 0.6) is 5.75 Å². The molecule has 1 atom stereocenters. The lowest BCUT2D eigenvalue weighted by Crippen LogP contribution is -2.74. The summed E-state index contributed by atoms with van der Waals surface area (Å²) in [6, 6.07) is 10.2. The van der Waals surface area contributed by atoms with E-state index >= 15 is 0 Å². The minimum absolute atomic E-state index is 0.0380. The molecule has 17 nitrogen and oxygen atoms in total. The van der Waals surface area contributed by atoms with Gasteiger partial charge in [-0.2, -0.15) is 15.5 Å². The zero-order valence-corrected chi connectivity index (χ0v) is 41.0. The minimum atomic E-state index is -2.70. The lowest BCUT2D eigenvalue weighted by Gasteiger charge is -2.63. The number of ether oxygens (including phenoxy) is 1. The molecule has 70 heavy (non-hydrogen) atoms. The summed E-state index contributed by atoms with van der Waals surface area (Å²) in [6.07, 6.45) is 6.18. The molecule has 368 valence electrons. The van der Waals surface area contributed by atoms with Crippen molar-refractivity contribution in [2.45, 2.75) is 91.5 Å². The smallest absolute Gasteiger partial charge is 0.264 e. The molecule has 0 bridgehead atoms. The lowest BCUT2D eigenvalue weighted by atomic mass is 9.49. The number of anilines is 3. The van der Waals surface area contributed by atoms with Crippen LogP contribution < -0.4 is 25.6 Å². The van der Waals surface area contributed by atoms with E-state index in [1.54, 1.807) is 60.2 Å². The maximum Gasteiger partial charge on any atom is 0.264 e. The summed E-state index contributed by atoms with van der Waals surface area (Å²) in [4.78, 5) is 53.9. The van der Waals surface area contributed by atoms with Crippen LogP contribution in [0.1, 0.15) is 98.2 Å². The van der Waals surface area contributed by atoms with Crippen molar-refractivity contribution in [3.63, 3.8) is 0 Å². The molecule has 3 N–H and O–H groups in total. The van der Waals surface area contributed by atoms with Gasteiger partial charge in [0.25, 0.3) is 12.3 Å². The fraction of sp³-hybridized carbons (Fsp3) is 0.480. The quantitative estimate of drug-likeness (QED) is 0.101. The van der Waals surface area contributed by atoms with E-state index in [1.165, 1.54) is 12.4 Å². The van der Waals surface area contributed by atoms with Crippen LogP contribution >= 0.6 is 11.6 Å². The maximum atomic E-state index is 14.7. The molecule has 0 spiro atoms. The van der Waals surface area contributed by atoms with Gasteiger partial charge >= 0.3 is 0 Å². The number of benzene rings is 2. The Morgan fingerprint density at radius 2 is 1.77 bits per heavy atom. The first-order valence-electron chi connectivity index (χ1n) is 23.7. The topological polar surface area (TPSA) is 191 Å². The second kappa shape index (κ2) is 19.3. The van der Waals surface area contributed by atoms with Crippen molar-refractivity contribution in [1.82, 2.24) is 50.0 Å². The Kier molecular flexibility index (Phi) is 13.3. The monoisotopic (exact) mass is 977 g/mol. The number of carbonyl (C=O) groups excluding carboxylic acids is 3. The van der Waals surface area contributed by atoms with Gasteiger partial charge < -0.3 is 35.4 Å². The summed E-state index contributed by atoms with van der Waals surface area (Å²) < 4.78 is 39.4. The first-order valence-corrected chi connectivity index (χ1v) is 24.1. The molecule has 3 aliphatic heterocycles. The number of alkyl halides is 2. The normalized spacial score (nSPS) is 20.1. The van der Waals surface area contributed by atoms with Crippen molar-refractivity contribution in [1.29, 1.82) is 5.26 Å². The molecule has 0 radical (unpaired) electrons. The standard InChI is InChI=1S/C50H58ClF2N13O4/c1-29(67)63-17-12-40-38(28-63)44(65-15-7-8-30-18-36(33-24-59-62(6)26-33)37(43(52)53)20-41(30)65)61-66(40)34-11-16-64(27-34)42(68)25-55-13-14-56-48-57-22-32(23-58-48)45(69)60-46-49(2,3)47(50(46,4)5)70-35-10-9-31(21-54)39(51)19-35/h9-10,18-20,22-24,26,34,43,46-47,55H,7-8,11-17,25,27-28H2,1-6H3,(H,60,69)(H,56,57,58)/t34-,46?,47?/m1/s1. The predicted octanol–water partition coefficient (Wildman–Crippen LogP) is 6.61. The molecule has 5 aromatic rings. The third kappa shape index (κ3) is 9.26. The summed E-state index contributed by atoms with van der Waals surface area (Å²) in [5.74, 6) is 1.19. The summed E-state index contributed by atoms with van der Waals surface area (Å²) in [5, 5.41) is 28.5. The molecule has 1 saturated carbocycles. The molecule has 2 fully saturated rings. The summed E-state index contributed by atoms with van der Waals surface area (Å²) in [6.45, 7) is 13.2. The van der Waals surface area contributed by atoms with Crippen molar-refractivity contribution >= 4 is 46.8 Å². The molecule has 1 aliphatic carbocycles. The number of nitrogens with zero attached hydrogens (tertiary/aromatic N) is 10. The Morgan fingerprint density at radius 3 is 2.46 bits per heavy atom. The predicted molar refractivity (Wildman–Crippen MR) is 259 cm³/mol. The highest BCUT2D eigenvalue weighted by atomic mass is 35.5. The minimum Gasteiger partial charge on any atom is -0.489 e. The Balaban J connectivity index is 0.782. The molecule has 2 aromatic carbocycles. The number of likely N-dealkylation sites (tertiary alicyclic amines) is 1. The van der Waals surface area contributed by atoms with Crippen molar-refractivity contribution < 1.29 is 27.9 Å². The molecule has 9 rings (SSSR count). The van der Waals surface area contributed by atoms with Crippen LogP contribution in [0.4, 0.5) is 26.2 Å². The van der Waals surface area contributed by atoms with E-state index in [0.29, 0.717) is 109 Å². The van der Waals surface area contributed by atoms with E-state index < -0.39 is 17.3 Å². The van der Waals surface area contributed by atoms with Crippen molar-refractivity contribution in [2.75, 3.05) is 56.0 Å². The number of carbonyl (C=O) groups is 3. The van der Waals surface area contributed by atoms with E-state index in [1.807, 2.05) is 48.2 Å². The molecule has 3 aromatic heterocycles. The summed E-state index contributed by atoms with van der Waals surface area (Å²) in [5.41, 5.74) is 4.45. The fourth-order valence-electron chi connectivity index (χ4n) is 11.2. The largest absolute Gasteiger partial charge is 0.489 e. The van der Waals surface area contributed by atoms with Crippen molar-refractivity contribution in [3.05, 3.63) is 93.7 Å². The Hall–Kier alpha value is -6.65. The maximum absolute atomic E-state index is 14.7. The summed E-state index contributed by atoms with van der Waals surface area (Å²) in [7, 11) is 1.76. The zero-order chi connectivity index (χ0) is 49.6. The highest BCUT2D eigenvalue weighted by molar-refractivity contribution is 6.31. The van der Waals surface area contributed by atoms with Crippen LogP contribution in [-0.4, -0.2) is 115 Å². The summed E-state index contributed by atoms with van der Waals surface area (Å²) >= 11 is 6.24. The number of nitriles is 1. The van der Waals surface area contributed by atoms with Gasteiger partial charge in [-0.05, 0) is 54.7 Å². The van der Waals surface area contributed by atoms with Crippen LogP contribution in [0.15, 0.2) is 55.1 Å². The average molecular weight is 979 g/mol. The highest BCUT2D eigenvalue weighted by Gasteiger charge is 2.64. The van der Waals surface area contributed by atoms with E-state index in [4.69, 9.17) is 21.4 Å². The van der Waals surface area contributed by atoms with Gasteiger partial charge in [-0.3, -0.25) is 23.7 Å². The molecule has 20 heteroatoms. The molecular formula is C50H58ClF2N13O4. The van der Waals surface area contributed by atoms with Crippen molar-refractivity contribution in [3.8, 4) is 22.9 Å². The lowest BCUT2D eigenvalue weighted by molar-refractivity contribution is -0.164. The Morgan fingerprint density at radius 1 is 1.00 bits per heavy atom. The number of fused-ring (bicyclic) bond motifs is 2. The highest BCUT2D eigenvalue weighted by Crippen LogP contribution is 2.56. The van der Waals surface area contributed by atoms with E-state index in [9.17, 15) is 28.4 Å². The van der Waals surface area contributed by atoms with Gasteiger partial charge in [-0.25, -0.2) is 18.7 Å². The van der Waals surface area contributed by atoms with Gasteiger partial charge in [0.1, 0.15) is 17.9 Å². The number of halogens is 3. The number of aromatic nitrogens is 6. The van der Waals surface area contributed by atoms with Crippen LogP contribution in [0.3, 0.4) is 0 Å². The van der Waals surface area contributed by atoms with Gasteiger partial charge in [0, 0.05) is 129 Å². The number of rotatable bonds is 14. The van der Waals surface area contributed by atoms with Gasteiger partial charge in [0.05, 0.1) is 41.5 Å². The zero-order valence-electron chi connectivity index (χ0n) is 40.2. The third-order valence-corrected chi connectivity index (χ3v) is 14.8. The average Bonchev–Trinajstić information content (AvgIpc) is 4.10. The molecule has 6 heterocycles. The number of hydrogen-bond donors (Lipinski definition) is 3. The number of nitrogens with one attached hydrogen (secondary N) is 3.